The number of carboxylic acids is 1. The Balaban J connectivity index is 2.35. The summed E-state index contributed by atoms with van der Waals surface area (Å²) in [6.45, 7) is 6.17. The number of carbonyl (C=O) groups excluding carboxylic acids is 2. The molecule has 8 heteroatoms. The van der Waals surface area contributed by atoms with Crippen LogP contribution < -0.4 is 10.6 Å². The lowest BCUT2D eigenvalue weighted by Gasteiger charge is -2.20. The molecule has 0 aliphatic heterocycles. The number of carboxylic acid groups (broad SMARTS) is 1. The molecule has 4 N–H and O–H groups in total. The molecule has 35 heavy (non-hydrogen) atoms. The van der Waals surface area contributed by atoms with E-state index in [1.165, 1.54) is 76.0 Å². The number of nitrogens with one attached hydrogen (secondary N) is 2. The number of phenols is 1. The van der Waals surface area contributed by atoms with Crippen molar-refractivity contribution in [2.24, 2.45) is 5.92 Å². The molecule has 0 fully saturated rings. The quantitative estimate of drug-likeness (QED) is 0.130. The first kappa shape index (κ1) is 30.8. The van der Waals surface area contributed by atoms with Crippen LogP contribution in [0, 0.1) is 5.92 Å². The number of unbranched alkanes of at least 4 members (excludes halogenated alkanes) is 9. The Kier molecular flexibility index (Phi) is 15.9. The zero-order chi connectivity index (χ0) is 26.1. The number of hydrogen-bond acceptors (Lipinski definition) is 5. The number of thioether (sulfide) groups is 1. The van der Waals surface area contributed by atoms with Crippen LogP contribution in [0.5, 0.6) is 5.75 Å². The lowest BCUT2D eigenvalue weighted by molar-refractivity contribution is -0.125. The zero-order valence-corrected chi connectivity index (χ0v) is 22.4. The molecule has 1 atom stereocenters. The van der Waals surface area contributed by atoms with Gasteiger partial charge in [0.25, 0.3) is 0 Å². The molecule has 0 radical (unpaired) electrons. The standard InChI is InChI=1S/C27H44N2O5S/c1-4-5-6-7-8-9-10-11-12-13-16-35-19-25(31)29-23(17-20(2)3)26(32)28-21-14-15-24(30)22(18-21)27(33)34/h14-15,18,20,23,30H,4-13,16-17,19H2,1-3H3,(H,28,32)(H,29,31)(H,33,34). The highest BCUT2D eigenvalue weighted by Crippen LogP contribution is 2.22. The fourth-order valence-corrected chi connectivity index (χ4v) is 4.63. The highest BCUT2D eigenvalue weighted by Gasteiger charge is 2.22. The third kappa shape index (κ3) is 14.1. The van der Waals surface area contributed by atoms with E-state index in [0.717, 1.165) is 12.2 Å². The minimum absolute atomic E-state index is 0.180. The normalized spacial score (nSPS) is 11.9. The van der Waals surface area contributed by atoms with Crippen molar-refractivity contribution in [3.05, 3.63) is 23.8 Å². The van der Waals surface area contributed by atoms with Crippen LogP contribution >= 0.6 is 11.8 Å². The Morgan fingerprint density at radius 3 is 2.11 bits per heavy atom. The highest BCUT2D eigenvalue weighted by molar-refractivity contribution is 7.99. The maximum Gasteiger partial charge on any atom is 0.339 e. The summed E-state index contributed by atoms with van der Waals surface area (Å²) < 4.78 is 0. The number of hydrogen-bond donors (Lipinski definition) is 4. The van der Waals surface area contributed by atoms with Gasteiger partial charge in [-0.3, -0.25) is 9.59 Å². The molecule has 1 unspecified atom stereocenters. The average Bonchev–Trinajstić information content (AvgIpc) is 2.80. The van der Waals surface area contributed by atoms with Crippen molar-refractivity contribution in [1.82, 2.24) is 5.32 Å². The van der Waals surface area contributed by atoms with Crippen LogP contribution in [0.2, 0.25) is 0 Å². The van der Waals surface area contributed by atoms with Crippen molar-refractivity contribution >= 4 is 35.2 Å². The van der Waals surface area contributed by atoms with E-state index < -0.39 is 17.9 Å². The molecular formula is C27H44N2O5S. The third-order valence-corrected chi connectivity index (χ3v) is 6.77. The van der Waals surface area contributed by atoms with Crippen LogP contribution in [-0.4, -0.2) is 45.5 Å². The maximum absolute atomic E-state index is 12.8. The monoisotopic (exact) mass is 508 g/mol. The van der Waals surface area contributed by atoms with E-state index in [0.29, 0.717) is 12.2 Å². The van der Waals surface area contributed by atoms with E-state index in [1.54, 1.807) is 11.8 Å². The fourth-order valence-electron chi connectivity index (χ4n) is 3.81. The Labute approximate surface area is 214 Å². The van der Waals surface area contributed by atoms with Crippen LogP contribution in [0.1, 0.15) is 102 Å². The molecule has 1 aromatic rings. The van der Waals surface area contributed by atoms with Gasteiger partial charge >= 0.3 is 5.97 Å². The highest BCUT2D eigenvalue weighted by atomic mass is 32.2. The van der Waals surface area contributed by atoms with Crippen molar-refractivity contribution in [2.75, 3.05) is 16.8 Å². The summed E-state index contributed by atoms with van der Waals surface area (Å²) in [5.41, 5.74) is -0.0424. The Morgan fingerprint density at radius 1 is 0.943 bits per heavy atom. The summed E-state index contributed by atoms with van der Waals surface area (Å²) in [5.74, 6) is -0.835. The second-order valence-corrected chi connectivity index (χ2v) is 10.6. The topological polar surface area (TPSA) is 116 Å². The van der Waals surface area contributed by atoms with Gasteiger partial charge in [0, 0.05) is 5.69 Å². The van der Waals surface area contributed by atoms with Crippen molar-refractivity contribution < 1.29 is 24.6 Å². The Bertz CT molecular complexity index is 785. The molecule has 0 heterocycles. The van der Waals surface area contributed by atoms with Crippen LogP contribution in [0.15, 0.2) is 18.2 Å². The first-order chi connectivity index (χ1) is 16.7. The summed E-state index contributed by atoms with van der Waals surface area (Å²) in [5, 5.41) is 24.3. The lowest BCUT2D eigenvalue weighted by atomic mass is 10.0. The van der Waals surface area contributed by atoms with Gasteiger partial charge in [-0.1, -0.05) is 78.6 Å². The largest absolute Gasteiger partial charge is 0.507 e. The van der Waals surface area contributed by atoms with Crippen LogP contribution in [0.25, 0.3) is 0 Å². The van der Waals surface area contributed by atoms with Crippen LogP contribution in [0.3, 0.4) is 0 Å². The van der Waals surface area contributed by atoms with Crippen molar-refractivity contribution in [3.63, 3.8) is 0 Å². The number of anilines is 1. The molecule has 0 spiro atoms. The minimum Gasteiger partial charge on any atom is -0.507 e. The van der Waals surface area contributed by atoms with Crippen LogP contribution in [-0.2, 0) is 9.59 Å². The third-order valence-electron chi connectivity index (χ3n) is 5.73. The minimum atomic E-state index is -1.29. The number of rotatable bonds is 19. The molecule has 0 aliphatic rings. The van der Waals surface area contributed by atoms with E-state index in [2.05, 4.69) is 17.6 Å². The molecule has 0 saturated heterocycles. The average molecular weight is 509 g/mol. The molecule has 0 bridgehead atoms. The second-order valence-electron chi connectivity index (χ2n) is 9.51. The predicted molar refractivity (Wildman–Crippen MR) is 144 cm³/mol. The van der Waals surface area contributed by atoms with E-state index >= 15 is 0 Å². The molecule has 198 valence electrons. The van der Waals surface area contributed by atoms with Gasteiger partial charge in [0.15, 0.2) is 0 Å². The van der Waals surface area contributed by atoms with Crippen molar-refractivity contribution in [2.45, 2.75) is 97.4 Å². The number of carbonyl (C=O) groups is 3. The smallest absolute Gasteiger partial charge is 0.339 e. The zero-order valence-electron chi connectivity index (χ0n) is 21.6. The van der Waals surface area contributed by atoms with Crippen LogP contribution in [0.4, 0.5) is 5.69 Å². The first-order valence-corrected chi connectivity index (χ1v) is 14.1. The van der Waals surface area contributed by atoms with Gasteiger partial charge in [-0.05, 0) is 42.7 Å². The van der Waals surface area contributed by atoms with Gasteiger partial charge in [0.1, 0.15) is 17.4 Å². The number of aromatic hydroxyl groups is 1. The number of benzene rings is 1. The summed E-state index contributed by atoms with van der Waals surface area (Å²) in [4.78, 5) is 36.4. The maximum atomic E-state index is 12.8. The second kappa shape index (κ2) is 18.1. The van der Waals surface area contributed by atoms with E-state index in [1.807, 2.05) is 13.8 Å². The molecular weight excluding hydrogens is 464 g/mol. The molecule has 1 aromatic carbocycles. The Morgan fingerprint density at radius 2 is 1.54 bits per heavy atom. The van der Waals surface area contributed by atoms with E-state index in [4.69, 9.17) is 5.11 Å². The molecule has 0 aliphatic carbocycles. The number of aromatic carboxylic acids is 1. The predicted octanol–water partition coefficient (Wildman–Crippen LogP) is 6.21. The van der Waals surface area contributed by atoms with Gasteiger partial charge in [0.2, 0.25) is 11.8 Å². The van der Waals surface area contributed by atoms with E-state index in [9.17, 15) is 19.5 Å². The Hall–Kier alpha value is -2.22. The van der Waals surface area contributed by atoms with Gasteiger partial charge in [-0.25, -0.2) is 4.79 Å². The lowest BCUT2D eigenvalue weighted by Crippen LogP contribution is -2.45. The molecule has 7 nitrogen and oxygen atoms in total. The van der Waals surface area contributed by atoms with Gasteiger partial charge in [-0.15, -0.1) is 0 Å². The molecule has 0 aromatic heterocycles. The summed E-state index contributed by atoms with van der Waals surface area (Å²) in [6, 6.07) is 3.13. The molecule has 0 saturated carbocycles. The molecule has 2 amide bonds. The van der Waals surface area contributed by atoms with Crippen molar-refractivity contribution in [3.8, 4) is 5.75 Å². The van der Waals surface area contributed by atoms with E-state index in [-0.39, 0.29) is 28.8 Å². The van der Waals surface area contributed by atoms with Gasteiger partial charge in [-0.2, -0.15) is 11.8 Å². The fraction of sp³-hybridized carbons (Fsp3) is 0.667. The summed E-state index contributed by atoms with van der Waals surface area (Å²) >= 11 is 1.59. The first-order valence-electron chi connectivity index (χ1n) is 13.0. The van der Waals surface area contributed by atoms with Gasteiger partial charge < -0.3 is 20.8 Å². The molecule has 1 rings (SSSR count). The number of amides is 2. The van der Waals surface area contributed by atoms with Crippen molar-refractivity contribution in [1.29, 1.82) is 0 Å². The summed E-state index contributed by atoms with van der Waals surface area (Å²) in [7, 11) is 0. The summed E-state index contributed by atoms with van der Waals surface area (Å²) in [6.07, 6.45) is 13.3. The SMILES string of the molecule is CCCCCCCCCCCCSCC(=O)NC(CC(C)C)C(=O)Nc1ccc(O)c(C(=O)O)c1. The van der Waals surface area contributed by atoms with Gasteiger partial charge in [0.05, 0.1) is 5.75 Å².